The average Bonchev–Trinajstić information content (AvgIpc) is 2.89. The summed E-state index contributed by atoms with van der Waals surface area (Å²) in [6, 6.07) is 4.08. The predicted molar refractivity (Wildman–Crippen MR) is 87.9 cm³/mol. The Balaban J connectivity index is 1.85. The summed E-state index contributed by atoms with van der Waals surface area (Å²) in [5.74, 6) is 0.290. The van der Waals surface area contributed by atoms with E-state index < -0.39 is 0 Å². The molecule has 1 amide bonds. The van der Waals surface area contributed by atoms with Gasteiger partial charge in [-0.05, 0) is 31.9 Å². The van der Waals surface area contributed by atoms with Crippen molar-refractivity contribution in [3.8, 4) is 0 Å². The average molecular weight is 317 g/mol. The molecular formula is C18H23NO4. The third-order valence-electron chi connectivity index (χ3n) is 4.53. The number of aryl methyl sites for hydroxylation is 3. The number of carbonyl (C=O) groups is 1. The Morgan fingerprint density at radius 1 is 1.22 bits per heavy atom. The van der Waals surface area contributed by atoms with Crippen LogP contribution in [-0.2, 0) is 9.47 Å². The van der Waals surface area contributed by atoms with Gasteiger partial charge in [-0.2, -0.15) is 0 Å². The Morgan fingerprint density at radius 2 is 2.00 bits per heavy atom. The summed E-state index contributed by atoms with van der Waals surface area (Å²) in [6.07, 6.45) is -0.0774. The number of likely N-dealkylation sites (N-methyl/N-ethyl adjacent to an activating group) is 1. The number of hydrogen-bond donors (Lipinski definition) is 0. The lowest BCUT2D eigenvalue weighted by Crippen LogP contribution is -2.40. The van der Waals surface area contributed by atoms with Crippen LogP contribution in [0.25, 0.3) is 11.0 Å². The zero-order valence-electron chi connectivity index (χ0n) is 14.1. The first kappa shape index (κ1) is 16.0. The molecule has 0 spiro atoms. The number of furan rings is 1. The Labute approximate surface area is 136 Å². The van der Waals surface area contributed by atoms with Crippen molar-refractivity contribution in [2.75, 3.05) is 33.4 Å². The summed E-state index contributed by atoms with van der Waals surface area (Å²) in [5.41, 5.74) is 3.93. The van der Waals surface area contributed by atoms with Crippen LogP contribution in [0.3, 0.4) is 0 Å². The number of hydrogen-bond acceptors (Lipinski definition) is 4. The Bertz CT molecular complexity index is 728. The molecule has 23 heavy (non-hydrogen) atoms. The van der Waals surface area contributed by atoms with Crippen LogP contribution < -0.4 is 0 Å². The molecule has 1 atom stereocenters. The second-order valence-electron chi connectivity index (χ2n) is 6.19. The third-order valence-corrected chi connectivity index (χ3v) is 4.53. The summed E-state index contributed by atoms with van der Waals surface area (Å²) in [4.78, 5) is 14.4. The molecule has 124 valence electrons. The number of nitrogens with zero attached hydrogens (tertiary/aromatic N) is 1. The zero-order chi connectivity index (χ0) is 16.6. The van der Waals surface area contributed by atoms with E-state index in [0.29, 0.717) is 32.1 Å². The minimum absolute atomic E-state index is 0.0774. The molecule has 1 fully saturated rings. The SMILES string of the molecule is Cc1ccc2c(C)c(C(=O)N(C)C[C@@H]3COCCO3)oc2c1C. The van der Waals surface area contributed by atoms with Crippen LogP contribution in [0.15, 0.2) is 16.5 Å². The largest absolute Gasteiger partial charge is 0.450 e. The van der Waals surface area contributed by atoms with E-state index in [2.05, 4.69) is 6.07 Å². The van der Waals surface area contributed by atoms with Crippen molar-refractivity contribution < 1.29 is 18.7 Å². The quantitative estimate of drug-likeness (QED) is 0.873. The first-order valence-corrected chi connectivity index (χ1v) is 7.93. The number of amides is 1. The summed E-state index contributed by atoms with van der Waals surface area (Å²) in [6.45, 7) is 8.21. The second-order valence-corrected chi connectivity index (χ2v) is 6.19. The third kappa shape index (κ3) is 2.99. The molecule has 5 nitrogen and oxygen atoms in total. The summed E-state index contributed by atoms with van der Waals surface area (Å²) >= 11 is 0. The second kappa shape index (κ2) is 6.34. The van der Waals surface area contributed by atoms with E-state index in [1.807, 2.05) is 26.8 Å². The van der Waals surface area contributed by atoms with Gasteiger partial charge < -0.3 is 18.8 Å². The van der Waals surface area contributed by atoms with Gasteiger partial charge in [0.25, 0.3) is 5.91 Å². The Kier molecular flexibility index (Phi) is 4.41. The highest BCUT2D eigenvalue weighted by Gasteiger charge is 2.25. The topological polar surface area (TPSA) is 51.9 Å². The molecule has 0 aliphatic carbocycles. The lowest BCUT2D eigenvalue weighted by molar-refractivity contribution is -0.0934. The molecule has 1 aromatic heterocycles. The molecule has 0 unspecified atom stereocenters. The highest BCUT2D eigenvalue weighted by molar-refractivity contribution is 5.99. The smallest absolute Gasteiger partial charge is 0.289 e. The van der Waals surface area contributed by atoms with Crippen LogP contribution in [-0.4, -0.2) is 50.3 Å². The number of ether oxygens (including phenoxy) is 2. The van der Waals surface area contributed by atoms with Crippen LogP contribution in [0.4, 0.5) is 0 Å². The van der Waals surface area contributed by atoms with Crippen LogP contribution in [0.5, 0.6) is 0 Å². The van der Waals surface area contributed by atoms with Crippen molar-refractivity contribution in [1.82, 2.24) is 4.90 Å². The minimum Gasteiger partial charge on any atom is -0.450 e. The molecule has 2 aromatic rings. The molecule has 0 bridgehead atoms. The van der Waals surface area contributed by atoms with Gasteiger partial charge >= 0.3 is 0 Å². The van der Waals surface area contributed by atoms with E-state index in [1.54, 1.807) is 11.9 Å². The van der Waals surface area contributed by atoms with Gasteiger partial charge in [-0.1, -0.05) is 12.1 Å². The zero-order valence-corrected chi connectivity index (χ0v) is 14.1. The summed E-state index contributed by atoms with van der Waals surface area (Å²) in [5, 5.41) is 1.00. The number of rotatable bonds is 3. The summed E-state index contributed by atoms with van der Waals surface area (Å²) < 4.78 is 16.9. The van der Waals surface area contributed by atoms with Crippen LogP contribution in [0, 0.1) is 20.8 Å². The highest BCUT2D eigenvalue weighted by atomic mass is 16.6. The van der Waals surface area contributed by atoms with Crippen molar-refractivity contribution in [1.29, 1.82) is 0 Å². The lowest BCUT2D eigenvalue weighted by Gasteiger charge is -2.27. The molecule has 2 heterocycles. The molecule has 1 aliphatic heterocycles. The van der Waals surface area contributed by atoms with E-state index in [-0.39, 0.29) is 12.0 Å². The number of carbonyl (C=O) groups excluding carboxylic acids is 1. The van der Waals surface area contributed by atoms with Gasteiger partial charge in [-0.15, -0.1) is 0 Å². The normalized spacial score (nSPS) is 18.3. The predicted octanol–water partition coefficient (Wildman–Crippen LogP) is 2.85. The van der Waals surface area contributed by atoms with Gasteiger partial charge in [0.15, 0.2) is 5.76 Å². The molecule has 3 rings (SSSR count). The molecular weight excluding hydrogens is 294 g/mol. The van der Waals surface area contributed by atoms with E-state index in [4.69, 9.17) is 13.9 Å². The van der Waals surface area contributed by atoms with E-state index >= 15 is 0 Å². The lowest BCUT2D eigenvalue weighted by atomic mass is 10.0. The number of fused-ring (bicyclic) bond motifs is 1. The van der Waals surface area contributed by atoms with Crippen LogP contribution in [0.2, 0.25) is 0 Å². The molecule has 0 N–H and O–H groups in total. The number of benzene rings is 1. The Morgan fingerprint density at radius 3 is 2.70 bits per heavy atom. The van der Waals surface area contributed by atoms with Gasteiger partial charge in [0, 0.05) is 24.5 Å². The van der Waals surface area contributed by atoms with E-state index in [9.17, 15) is 4.79 Å². The van der Waals surface area contributed by atoms with Crippen molar-refractivity contribution >= 4 is 16.9 Å². The van der Waals surface area contributed by atoms with Gasteiger partial charge in [0.2, 0.25) is 0 Å². The van der Waals surface area contributed by atoms with Gasteiger partial charge in [0.1, 0.15) is 5.58 Å². The minimum atomic E-state index is -0.120. The molecule has 0 saturated carbocycles. The van der Waals surface area contributed by atoms with Crippen molar-refractivity contribution in [3.05, 3.63) is 34.6 Å². The molecule has 0 radical (unpaired) electrons. The van der Waals surface area contributed by atoms with E-state index in [1.165, 1.54) is 0 Å². The monoisotopic (exact) mass is 317 g/mol. The fraction of sp³-hybridized carbons (Fsp3) is 0.500. The van der Waals surface area contributed by atoms with Crippen LogP contribution >= 0.6 is 0 Å². The fourth-order valence-corrected chi connectivity index (χ4v) is 2.93. The maximum Gasteiger partial charge on any atom is 0.289 e. The summed E-state index contributed by atoms with van der Waals surface area (Å²) in [7, 11) is 1.77. The molecule has 1 aromatic carbocycles. The van der Waals surface area contributed by atoms with E-state index in [0.717, 1.165) is 27.7 Å². The Hall–Kier alpha value is -1.85. The van der Waals surface area contributed by atoms with Gasteiger partial charge in [-0.25, -0.2) is 0 Å². The van der Waals surface area contributed by atoms with Crippen LogP contribution in [0.1, 0.15) is 27.2 Å². The highest BCUT2D eigenvalue weighted by Crippen LogP contribution is 2.30. The van der Waals surface area contributed by atoms with Gasteiger partial charge in [0.05, 0.1) is 25.9 Å². The van der Waals surface area contributed by atoms with Crippen molar-refractivity contribution in [2.24, 2.45) is 0 Å². The van der Waals surface area contributed by atoms with Gasteiger partial charge in [-0.3, -0.25) is 4.79 Å². The molecule has 5 heteroatoms. The fourth-order valence-electron chi connectivity index (χ4n) is 2.93. The standard InChI is InChI=1S/C18H23NO4/c1-11-5-6-15-13(3)17(23-16(15)12(11)2)18(20)19(4)9-14-10-21-7-8-22-14/h5-6,14H,7-10H2,1-4H3/t14-/m1/s1. The van der Waals surface area contributed by atoms with Crippen molar-refractivity contribution in [2.45, 2.75) is 26.9 Å². The maximum absolute atomic E-state index is 12.7. The maximum atomic E-state index is 12.7. The van der Waals surface area contributed by atoms with Crippen molar-refractivity contribution in [3.63, 3.8) is 0 Å². The first-order chi connectivity index (χ1) is 11.0. The first-order valence-electron chi connectivity index (χ1n) is 7.93. The molecule has 1 saturated heterocycles. The molecule has 1 aliphatic rings.